The monoisotopic (exact) mass is 305 g/mol. The molecular weight excluding hydrogens is 286 g/mol. The molecule has 22 heavy (non-hydrogen) atoms. The molecule has 0 aliphatic rings. The minimum atomic E-state index is -0.680. The summed E-state index contributed by atoms with van der Waals surface area (Å²) < 4.78 is 15.2. The van der Waals surface area contributed by atoms with Crippen molar-refractivity contribution < 1.29 is 19.0 Å². The van der Waals surface area contributed by atoms with Crippen LogP contribution in [0.5, 0.6) is 0 Å². The highest BCUT2D eigenvalue weighted by Crippen LogP contribution is 2.15. The van der Waals surface area contributed by atoms with Crippen molar-refractivity contribution in [3.05, 3.63) is 54.9 Å². The van der Waals surface area contributed by atoms with Crippen LogP contribution in [-0.4, -0.2) is 36.9 Å². The van der Waals surface area contributed by atoms with Crippen LogP contribution in [-0.2, 0) is 14.2 Å². The van der Waals surface area contributed by atoms with Gasteiger partial charge in [-0.15, -0.1) is 0 Å². The van der Waals surface area contributed by atoms with E-state index in [2.05, 4.69) is 28.4 Å². The van der Waals surface area contributed by atoms with Crippen LogP contribution < -0.4 is 5.32 Å². The zero-order valence-electron chi connectivity index (χ0n) is 12.6. The summed E-state index contributed by atoms with van der Waals surface area (Å²) in [6, 6.07) is 1.62. The van der Waals surface area contributed by atoms with E-state index < -0.39 is 12.4 Å². The Morgan fingerprint density at radius 2 is 2.14 bits per heavy atom. The van der Waals surface area contributed by atoms with Gasteiger partial charge in [0.05, 0.1) is 0 Å². The molecule has 1 amide bonds. The minimum absolute atomic E-state index is 0.0693. The number of hydrogen-bond acceptors (Lipinski definition) is 6. The molecule has 0 aliphatic heterocycles. The molecule has 118 valence electrons. The molecule has 0 bridgehead atoms. The van der Waals surface area contributed by atoms with E-state index in [1.165, 1.54) is 20.4 Å². The summed E-state index contributed by atoms with van der Waals surface area (Å²) in [4.78, 5) is 19.7. The molecule has 1 N–H and O–H groups in total. The highest BCUT2D eigenvalue weighted by Gasteiger charge is 2.13. The molecule has 0 unspecified atom stereocenters. The van der Waals surface area contributed by atoms with Crippen LogP contribution in [0.1, 0.15) is 12.0 Å². The molecule has 1 aromatic rings. The summed E-state index contributed by atoms with van der Waals surface area (Å²) >= 11 is 0. The molecule has 0 saturated heterocycles. The van der Waals surface area contributed by atoms with Crippen molar-refractivity contribution in [2.45, 2.75) is 6.29 Å². The Morgan fingerprint density at radius 3 is 2.73 bits per heavy atom. The van der Waals surface area contributed by atoms with E-state index in [4.69, 9.17) is 14.2 Å². The molecule has 1 rings (SSSR count). The zero-order valence-corrected chi connectivity index (χ0v) is 12.6. The average molecular weight is 305 g/mol. The maximum atomic E-state index is 11.7. The van der Waals surface area contributed by atoms with Crippen molar-refractivity contribution in [1.29, 1.82) is 0 Å². The second kappa shape index (κ2) is 9.43. The standard InChI is InChI=1S/C15H19N3O4/c1-5-7-11(6-2)10-22-15(19)18-14-16-9-8-12(17-14)13(20-3)21-4/h5-9,13H,1-2,10H2,3-4H3,(H,16,17,18,19)/b11-7+. The average Bonchev–Trinajstić information content (AvgIpc) is 2.53. The summed E-state index contributed by atoms with van der Waals surface area (Å²) in [7, 11) is 2.97. The Hall–Kier alpha value is -2.51. The van der Waals surface area contributed by atoms with Gasteiger partial charge in [-0.3, -0.25) is 5.32 Å². The Morgan fingerprint density at radius 1 is 1.41 bits per heavy atom. The quantitative estimate of drug-likeness (QED) is 0.587. The smallest absolute Gasteiger partial charge is 0.414 e. The molecule has 0 aromatic carbocycles. The number of methoxy groups -OCH3 is 2. The lowest BCUT2D eigenvalue weighted by atomic mass is 10.2. The van der Waals surface area contributed by atoms with E-state index in [9.17, 15) is 4.79 Å². The number of hydrogen-bond donors (Lipinski definition) is 1. The minimum Gasteiger partial charge on any atom is -0.444 e. The molecule has 0 radical (unpaired) electrons. The molecule has 7 heteroatoms. The number of allylic oxidation sites excluding steroid dienone is 2. The summed E-state index contributed by atoms with van der Waals surface area (Å²) in [6.07, 6.45) is 5.02. The first kappa shape index (κ1) is 17.5. The van der Waals surface area contributed by atoms with Crippen LogP contribution in [0.25, 0.3) is 0 Å². The lowest BCUT2D eigenvalue weighted by Gasteiger charge is -2.13. The molecule has 0 fully saturated rings. The second-order valence-corrected chi connectivity index (χ2v) is 3.99. The van der Waals surface area contributed by atoms with E-state index in [0.29, 0.717) is 5.69 Å². The third-order valence-electron chi connectivity index (χ3n) is 2.52. The molecule has 1 aromatic heterocycles. The number of ether oxygens (including phenoxy) is 3. The number of carbonyl (C=O) groups is 1. The van der Waals surface area contributed by atoms with Gasteiger partial charge in [0.15, 0.2) is 0 Å². The first-order valence-corrected chi connectivity index (χ1v) is 6.41. The van der Waals surface area contributed by atoms with E-state index >= 15 is 0 Å². The topological polar surface area (TPSA) is 82.6 Å². The normalized spacial score (nSPS) is 11.1. The first-order valence-electron chi connectivity index (χ1n) is 6.41. The number of carbonyl (C=O) groups excluding carboxylic acids is 1. The van der Waals surface area contributed by atoms with E-state index in [0.717, 1.165) is 5.57 Å². The maximum Gasteiger partial charge on any atom is 0.414 e. The third kappa shape index (κ3) is 5.47. The molecule has 0 saturated carbocycles. The van der Waals surface area contributed by atoms with Gasteiger partial charge < -0.3 is 14.2 Å². The van der Waals surface area contributed by atoms with Crippen molar-refractivity contribution in [3.8, 4) is 0 Å². The largest absolute Gasteiger partial charge is 0.444 e. The summed E-state index contributed by atoms with van der Waals surface area (Å²) in [5, 5.41) is 2.43. The highest BCUT2D eigenvalue weighted by atomic mass is 16.7. The lowest BCUT2D eigenvalue weighted by molar-refractivity contribution is -0.108. The van der Waals surface area contributed by atoms with Gasteiger partial charge in [0.2, 0.25) is 12.2 Å². The van der Waals surface area contributed by atoms with Gasteiger partial charge in [0.25, 0.3) is 0 Å². The number of rotatable bonds is 8. The molecule has 0 aliphatic carbocycles. The first-order chi connectivity index (χ1) is 10.6. The molecular formula is C15H19N3O4. The predicted molar refractivity (Wildman–Crippen MR) is 82.2 cm³/mol. The number of nitrogens with one attached hydrogen (secondary N) is 1. The van der Waals surface area contributed by atoms with Crippen molar-refractivity contribution in [1.82, 2.24) is 9.97 Å². The number of aromatic nitrogens is 2. The van der Waals surface area contributed by atoms with Gasteiger partial charge in [0, 0.05) is 20.4 Å². The SMILES string of the molecule is C=C/C=C(\C=C)COC(=O)Nc1nccc(C(OC)OC)n1. The second-order valence-electron chi connectivity index (χ2n) is 3.99. The summed E-state index contributed by atoms with van der Waals surface area (Å²) in [5.41, 5.74) is 1.20. The molecule has 0 spiro atoms. The van der Waals surface area contributed by atoms with E-state index in [1.54, 1.807) is 24.3 Å². The van der Waals surface area contributed by atoms with Crippen molar-refractivity contribution in [2.24, 2.45) is 0 Å². The molecule has 1 heterocycles. The van der Waals surface area contributed by atoms with Gasteiger partial charge in [-0.05, 0) is 11.6 Å². The Bertz CT molecular complexity index is 553. The van der Waals surface area contributed by atoms with E-state index in [1.807, 2.05) is 0 Å². The fourth-order valence-corrected chi connectivity index (χ4v) is 1.50. The Balaban J connectivity index is 2.65. The van der Waals surface area contributed by atoms with Gasteiger partial charge in [-0.25, -0.2) is 14.8 Å². The van der Waals surface area contributed by atoms with E-state index in [-0.39, 0.29) is 12.6 Å². The Labute approximate surface area is 129 Å². The summed E-state index contributed by atoms with van der Waals surface area (Å²) in [6.45, 7) is 7.24. The predicted octanol–water partition coefficient (Wildman–Crippen LogP) is 2.61. The van der Waals surface area contributed by atoms with Gasteiger partial charge >= 0.3 is 6.09 Å². The number of anilines is 1. The van der Waals surface area contributed by atoms with Gasteiger partial charge in [0.1, 0.15) is 12.3 Å². The van der Waals surface area contributed by atoms with Crippen LogP contribution in [0.2, 0.25) is 0 Å². The van der Waals surface area contributed by atoms with Crippen LogP contribution >= 0.6 is 0 Å². The molecule has 7 nitrogen and oxygen atoms in total. The Kier molecular flexibility index (Phi) is 7.52. The zero-order chi connectivity index (χ0) is 16.4. The van der Waals surface area contributed by atoms with Crippen molar-refractivity contribution >= 4 is 12.0 Å². The molecule has 0 atom stereocenters. The van der Waals surface area contributed by atoms with Crippen LogP contribution in [0.4, 0.5) is 10.7 Å². The van der Waals surface area contributed by atoms with Crippen LogP contribution in [0.3, 0.4) is 0 Å². The van der Waals surface area contributed by atoms with Crippen LogP contribution in [0.15, 0.2) is 49.2 Å². The van der Waals surface area contributed by atoms with Gasteiger partial charge in [-0.2, -0.15) is 0 Å². The number of nitrogens with zero attached hydrogens (tertiary/aromatic N) is 2. The lowest BCUT2D eigenvalue weighted by Crippen LogP contribution is -2.18. The van der Waals surface area contributed by atoms with Crippen molar-refractivity contribution in [2.75, 3.05) is 26.1 Å². The highest BCUT2D eigenvalue weighted by molar-refractivity contribution is 5.82. The number of amides is 1. The fraction of sp³-hybridized carbons (Fsp3) is 0.267. The summed E-state index contributed by atoms with van der Waals surface area (Å²) in [5.74, 6) is 0.0921. The maximum absolute atomic E-state index is 11.7. The fourth-order valence-electron chi connectivity index (χ4n) is 1.50. The third-order valence-corrected chi connectivity index (χ3v) is 2.52. The van der Waals surface area contributed by atoms with Crippen LogP contribution in [0, 0.1) is 0 Å². The van der Waals surface area contributed by atoms with Gasteiger partial charge in [-0.1, -0.05) is 31.4 Å². The van der Waals surface area contributed by atoms with Crippen molar-refractivity contribution in [3.63, 3.8) is 0 Å².